The van der Waals surface area contributed by atoms with E-state index in [0.29, 0.717) is 19.0 Å². The van der Waals surface area contributed by atoms with E-state index in [0.717, 1.165) is 29.8 Å². The van der Waals surface area contributed by atoms with Crippen LogP contribution in [0.3, 0.4) is 0 Å². The molecule has 2 atom stereocenters. The van der Waals surface area contributed by atoms with Crippen LogP contribution in [0.2, 0.25) is 0 Å². The first-order valence-corrected chi connectivity index (χ1v) is 8.13. The summed E-state index contributed by atoms with van der Waals surface area (Å²) < 4.78 is 0. The molecular weight excluding hydrogens is 272 g/mol. The van der Waals surface area contributed by atoms with Crippen LogP contribution in [0.25, 0.3) is 0 Å². The van der Waals surface area contributed by atoms with E-state index in [9.17, 15) is 9.90 Å². The van der Waals surface area contributed by atoms with Crippen molar-refractivity contribution < 1.29 is 9.90 Å². The van der Waals surface area contributed by atoms with Gasteiger partial charge in [-0.25, -0.2) is 0 Å². The predicted octanol–water partition coefficient (Wildman–Crippen LogP) is 2.74. The van der Waals surface area contributed by atoms with Crippen LogP contribution < -0.4 is 10.6 Å². The highest BCUT2D eigenvalue weighted by atomic mass is 32.1. The molecule has 1 aliphatic carbocycles. The van der Waals surface area contributed by atoms with Crippen LogP contribution in [-0.2, 0) is 11.3 Å². The van der Waals surface area contributed by atoms with E-state index in [-0.39, 0.29) is 5.91 Å². The lowest BCUT2D eigenvalue weighted by Gasteiger charge is -2.35. The molecule has 0 aromatic carbocycles. The maximum absolute atomic E-state index is 11.1. The van der Waals surface area contributed by atoms with E-state index in [1.54, 1.807) is 11.3 Å². The molecule has 1 aliphatic rings. The first-order chi connectivity index (χ1) is 9.48. The Morgan fingerprint density at radius 2 is 2.40 bits per heavy atom. The fourth-order valence-corrected chi connectivity index (χ4v) is 3.78. The number of nitrogens with one attached hydrogen (secondary N) is 2. The molecule has 20 heavy (non-hydrogen) atoms. The van der Waals surface area contributed by atoms with Gasteiger partial charge in [0.15, 0.2) is 0 Å². The minimum Gasteiger partial charge on any atom is -0.389 e. The molecule has 0 saturated heterocycles. The van der Waals surface area contributed by atoms with Crippen LogP contribution in [0.1, 0.15) is 44.4 Å². The van der Waals surface area contributed by atoms with Gasteiger partial charge in [0.1, 0.15) is 0 Å². The molecule has 2 unspecified atom stereocenters. The topological polar surface area (TPSA) is 61.4 Å². The molecule has 5 heteroatoms. The minimum absolute atomic E-state index is 0.0515. The zero-order valence-corrected chi connectivity index (χ0v) is 13.1. The zero-order chi connectivity index (χ0) is 14.6. The number of amides is 1. The summed E-state index contributed by atoms with van der Waals surface area (Å²) in [6, 6.07) is 1.92. The van der Waals surface area contributed by atoms with Crippen LogP contribution >= 0.6 is 11.3 Å². The Morgan fingerprint density at radius 1 is 1.60 bits per heavy atom. The van der Waals surface area contributed by atoms with Crippen LogP contribution in [0.15, 0.2) is 11.4 Å². The molecular formula is C15H24N2O2S. The van der Waals surface area contributed by atoms with Gasteiger partial charge in [0.25, 0.3) is 0 Å². The maximum Gasteiger partial charge on any atom is 0.221 e. The molecule has 1 fully saturated rings. The summed E-state index contributed by atoms with van der Waals surface area (Å²) in [5.41, 5.74) is 0.308. The highest BCUT2D eigenvalue weighted by Crippen LogP contribution is 2.32. The number of hydrogen-bond acceptors (Lipinski definition) is 4. The van der Waals surface area contributed by atoms with Gasteiger partial charge < -0.3 is 15.7 Å². The first kappa shape index (κ1) is 15.5. The zero-order valence-electron chi connectivity index (χ0n) is 12.2. The Hall–Kier alpha value is -0.910. The third-order valence-corrected chi connectivity index (χ3v) is 4.78. The van der Waals surface area contributed by atoms with Crippen molar-refractivity contribution in [3.05, 3.63) is 16.3 Å². The Morgan fingerprint density at radius 3 is 3.10 bits per heavy atom. The summed E-state index contributed by atoms with van der Waals surface area (Å²) in [7, 11) is 0. The van der Waals surface area contributed by atoms with Gasteiger partial charge in [-0.15, -0.1) is 11.3 Å². The number of aliphatic hydroxyl groups is 1. The third kappa shape index (κ3) is 4.30. The van der Waals surface area contributed by atoms with Gasteiger partial charge in [-0.1, -0.05) is 19.8 Å². The van der Waals surface area contributed by atoms with Gasteiger partial charge in [-0.2, -0.15) is 0 Å². The monoisotopic (exact) mass is 296 g/mol. The molecule has 0 bridgehead atoms. The van der Waals surface area contributed by atoms with Crippen molar-refractivity contribution in [1.82, 2.24) is 5.32 Å². The summed E-state index contributed by atoms with van der Waals surface area (Å²) in [5.74, 6) is 0.552. The van der Waals surface area contributed by atoms with Gasteiger partial charge in [-0.05, 0) is 30.2 Å². The van der Waals surface area contributed by atoms with Crippen molar-refractivity contribution in [1.29, 1.82) is 0 Å². The van der Waals surface area contributed by atoms with Crippen LogP contribution in [0.4, 0.5) is 5.69 Å². The van der Waals surface area contributed by atoms with Crippen molar-refractivity contribution in [2.24, 2.45) is 5.92 Å². The molecule has 1 aromatic rings. The third-order valence-electron chi connectivity index (χ3n) is 3.86. The minimum atomic E-state index is -0.566. The molecule has 0 spiro atoms. The van der Waals surface area contributed by atoms with E-state index in [2.05, 4.69) is 17.6 Å². The number of carbonyl (C=O) groups is 1. The van der Waals surface area contributed by atoms with Crippen molar-refractivity contribution in [2.45, 2.75) is 51.7 Å². The number of carbonyl (C=O) groups excluding carboxylic acids is 1. The molecule has 112 valence electrons. The summed E-state index contributed by atoms with van der Waals surface area (Å²) in [6.07, 6.45) is 4.09. The van der Waals surface area contributed by atoms with Gasteiger partial charge in [0.05, 0.1) is 11.3 Å². The summed E-state index contributed by atoms with van der Waals surface area (Å²) in [5, 5.41) is 18.7. The Balaban J connectivity index is 1.83. The van der Waals surface area contributed by atoms with E-state index >= 15 is 0 Å². The predicted molar refractivity (Wildman–Crippen MR) is 82.9 cm³/mol. The van der Waals surface area contributed by atoms with Gasteiger partial charge in [0, 0.05) is 24.9 Å². The molecule has 1 saturated carbocycles. The van der Waals surface area contributed by atoms with E-state index in [4.69, 9.17) is 0 Å². The average Bonchev–Trinajstić information content (AvgIpc) is 2.75. The average molecular weight is 296 g/mol. The second kappa shape index (κ2) is 6.70. The number of hydrogen-bond donors (Lipinski definition) is 3. The van der Waals surface area contributed by atoms with Crippen LogP contribution in [-0.4, -0.2) is 23.2 Å². The van der Waals surface area contributed by atoms with Crippen molar-refractivity contribution in [2.75, 3.05) is 11.9 Å². The smallest absolute Gasteiger partial charge is 0.221 e. The van der Waals surface area contributed by atoms with Gasteiger partial charge in [-0.3, -0.25) is 4.79 Å². The fourth-order valence-electron chi connectivity index (χ4n) is 2.98. The normalized spacial score (nSPS) is 26.4. The largest absolute Gasteiger partial charge is 0.389 e. The molecule has 1 heterocycles. The lowest BCUT2D eigenvalue weighted by molar-refractivity contribution is -0.114. The van der Waals surface area contributed by atoms with Crippen molar-refractivity contribution >= 4 is 22.9 Å². The SMILES string of the molecule is CC(=O)Nc1ccsc1CNCC1(O)CCCC(C)C1. The molecule has 0 radical (unpaired) electrons. The van der Waals surface area contributed by atoms with Crippen LogP contribution in [0.5, 0.6) is 0 Å². The Kier molecular flexibility index (Phi) is 5.18. The highest BCUT2D eigenvalue weighted by Gasteiger charge is 2.32. The van der Waals surface area contributed by atoms with Gasteiger partial charge in [0.2, 0.25) is 5.91 Å². The summed E-state index contributed by atoms with van der Waals surface area (Å²) >= 11 is 1.62. The molecule has 3 N–H and O–H groups in total. The second-order valence-corrected chi connectivity index (χ2v) is 6.97. The Labute approximate surface area is 124 Å². The molecule has 1 aromatic heterocycles. The number of anilines is 1. The van der Waals surface area contributed by atoms with Crippen molar-refractivity contribution in [3.8, 4) is 0 Å². The summed E-state index contributed by atoms with van der Waals surface area (Å²) in [4.78, 5) is 12.2. The quantitative estimate of drug-likeness (QED) is 0.783. The molecule has 1 amide bonds. The first-order valence-electron chi connectivity index (χ1n) is 7.25. The van der Waals surface area contributed by atoms with E-state index in [1.165, 1.54) is 13.3 Å². The lowest BCUT2D eigenvalue weighted by atomic mass is 9.79. The molecule has 0 aliphatic heterocycles. The van der Waals surface area contributed by atoms with Crippen molar-refractivity contribution in [3.63, 3.8) is 0 Å². The Bertz CT molecular complexity index is 460. The molecule has 4 nitrogen and oxygen atoms in total. The van der Waals surface area contributed by atoms with Crippen LogP contribution in [0, 0.1) is 5.92 Å². The van der Waals surface area contributed by atoms with Gasteiger partial charge >= 0.3 is 0 Å². The lowest BCUT2D eigenvalue weighted by Crippen LogP contribution is -2.43. The highest BCUT2D eigenvalue weighted by molar-refractivity contribution is 7.10. The van der Waals surface area contributed by atoms with E-state index < -0.39 is 5.60 Å². The maximum atomic E-state index is 11.1. The standard InChI is InChI=1S/C15H24N2O2S/c1-11-4-3-6-15(19,8-11)10-16-9-14-13(5-7-20-14)17-12(2)18/h5,7,11,16,19H,3-4,6,8-10H2,1-2H3,(H,17,18). The number of thiophene rings is 1. The van der Waals surface area contributed by atoms with E-state index in [1.807, 2.05) is 11.4 Å². The second-order valence-electron chi connectivity index (χ2n) is 5.97. The summed E-state index contributed by atoms with van der Waals surface area (Å²) in [6.45, 7) is 5.03. The molecule has 2 rings (SSSR count). The fraction of sp³-hybridized carbons (Fsp3) is 0.667. The number of rotatable bonds is 5.